The first-order valence-electron chi connectivity index (χ1n) is 10.9. The first-order valence-corrected chi connectivity index (χ1v) is 12.2. The van der Waals surface area contributed by atoms with E-state index in [4.69, 9.17) is 9.47 Å². The summed E-state index contributed by atoms with van der Waals surface area (Å²) in [6, 6.07) is 14.2. The molecule has 7 nitrogen and oxygen atoms in total. The predicted octanol–water partition coefficient (Wildman–Crippen LogP) is 4.81. The molecule has 0 fully saturated rings. The molecule has 2 atom stereocenters. The third kappa shape index (κ3) is 4.57. The number of anilines is 1. The van der Waals surface area contributed by atoms with E-state index in [1.54, 1.807) is 18.7 Å². The van der Waals surface area contributed by atoms with E-state index in [9.17, 15) is 0 Å². The highest BCUT2D eigenvalue weighted by Crippen LogP contribution is 2.39. The number of nitrogens with one attached hydrogen (secondary N) is 1. The minimum Gasteiger partial charge on any atom is -0.484 e. The van der Waals surface area contributed by atoms with E-state index >= 15 is 0 Å². The monoisotopic (exact) mass is 459 g/mol. The number of fused-ring (bicyclic) bond motifs is 2. The van der Waals surface area contributed by atoms with Crippen LogP contribution in [0, 0.1) is 0 Å². The fourth-order valence-electron chi connectivity index (χ4n) is 4.04. The third-order valence-corrected chi connectivity index (χ3v) is 7.06. The number of hydrogen-bond donors (Lipinski definition) is 1. The molecule has 0 radical (unpaired) electrons. The van der Waals surface area contributed by atoms with Gasteiger partial charge in [0.1, 0.15) is 25.4 Å². The maximum Gasteiger partial charge on any atom is 0.257 e. The lowest BCUT2D eigenvalue weighted by molar-refractivity contribution is 0.162. The standard InChI is InChI=1S/C25H25N5O2S/c1-16(19-7-9-27-25-24(19)31-10-11-32-25)22(33-2)14-28-23-13-21(29-15-30-23)18-6-5-17-4-3-8-26-20(17)12-18/h3-9,12-13,15-16,22H,10-11,14H2,1-2H3,(H,28,29,30). The lowest BCUT2D eigenvalue weighted by Gasteiger charge is -2.27. The molecule has 1 aromatic carbocycles. The lowest BCUT2D eigenvalue weighted by Crippen LogP contribution is -2.25. The van der Waals surface area contributed by atoms with Gasteiger partial charge in [-0.25, -0.2) is 15.0 Å². The molecule has 3 aromatic heterocycles. The quantitative estimate of drug-likeness (QED) is 0.422. The topological polar surface area (TPSA) is 82.1 Å². The number of benzene rings is 1. The van der Waals surface area contributed by atoms with Crippen LogP contribution in [-0.4, -0.2) is 51.2 Å². The summed E-state index contributed by atoms with van der Waals surface area (Å²) in [5, 5.41) is 4.90. The summed E-state index contributed by atoms with van der Waals surface area (Å²) in [7, 11) is 0. The molecule has 4 heterocycles. The van der Waals surface area contributed by atoms with E-state index in [0.29, 0.717) is 24.3 Å². The number of aromatic nitrogens is 4. The van der Waals surface area contributed by atoms with Crippen molar-refractivity contribution in [2.24, 2.45) is 0 Å². The Labute approximate surface area is 197 Å². The highest BCUT2D eigenvalue weighted by Gasteiger charge is 2.26. The van der Waals surface area contributed by atoms with Crippen molar-refractivity contribution in [1.29, 1.82) is 0 Å². The molecule has 0 saturated carbocycles. The van der Waals surface area contributed by atoms with E-state index in [1.807, 2.05) is 30.0 Å². The summed E-state index contributed by atoms with van der Waals surface area (Å²) in [6.45, 7) is 4.04. The van der Waals surface area contributed by atoms with Crippen LogP contribution in [-0.2, 0) is 0 Å². The summed E-state index contributed by atoms with van der Waals surface area (Å²) in [6.07, 6.45) is 7.32. The van der Waals surface area contributed by atoms with E-state index in [2.05, 4.69) is 62.7 Å². The largest absolute Gasteiger partial charge is 0.484 e. The Morgan fingerprint density at radius 2 is 1.91 bits per heavy atom. The Hall–Kier alpha value is -3.39. The van der Waals surface area contributed by atoms with Crippen molar-refractivity contribution >= 4 is 28.5 Å². The second-order valence-electron chi connectivity index (χ2n) is 7.87. The van der Waals surface area contributed by atoms with Crippen molar-refractivity contribution in [2.45, 2.75) is 18.1 Å². The first kappa shape index (κ1) is 21.5. The van der Waals surface area contributed by atoms with Crippen molar-refractivity contribution in [3.8, 4) is 22.9 Å². The molecule has 1 aliphatic rings. The van der Waals surface area contributed by atoms with Gasteiger partial charge in [0, 0.05) is 46.8 Å². The number of thioether (sulfide) groups is 1. The fraction of sp³-hybridized carbons (Fsp3) is 0.280. The van der Waals surface area contributed by atoms with Gasteiger partial charge in [-0.15, -0.1) is 0 Å². The van der Waals surface area contributed by atoms with Crippen LogP contribution < -0.4 is 14.8 Å². The minimum absolute atomic E-state index is 0.235. The molecule has 5 rings (SSSR count). The Morgan fingerprint density at radius 3 is 2.82 bits per heavy atom. The molecule has 168 valence electrons. The summed E-state index contributed by atoms with van der Waals surface area (Å²) in [5.41, 5.74) is 3.95. The van der Waals surface area contributed by atoms with Gasteiger partial charge in [-0.1, -0.05) is 25.1 Å². The van der Waals surface area contributed by atoms with E-state index in [0.717, 1.165) is 45.8 Å². The Kier molecular flexibility index (Phi) is 6.26. The molecular formula is C25H25N5O2S. The molecule has 33 heavy (non-hydrogen) atoms. The van der Waals surface area contributed by atoms with Crippen LogP contribution in [0.2, 0.25) is 0 Å². The SMILES string of the molecule is CSC(CNc1cc(-c2ccc3cccnc3c2)ncn1)C(C)c1ccnc2c1OCCO2. The summed E-state index contributed by atoms with van der Waals surface area (Å²) in [5.74, 6) is 2.38. The van der Waals surface area contributed by atoms with Crippen LogP contribution >= 0.6 is 11.8 Å². The smallest absolute Gasteiger partial charge is 0.257 e. The molecule has 0 bridgehead atoms. The number of rotatable bonds is 7. The summed E-state index contributed by atoms with van der Waals surface area (Å²) >= 11 is 1.81. The zero-order valence-electron chi connectivity index (χ0n) is 18.6. The van der Waals surface area contributed by atoms with E-state index in [1.165, 1.54) is 0 Å². The number of nitrogens with zero attached hydrogens (tertiary/aromatic N) is 4. The zero-order valence-corrected chi connectivity index (χ0v) is 19.4. The highest BCUT2D eigenvalue weighted by molar-refractivity contribution is 7.99. The molecule has 1 N–H and O–H groups in total. The van der Waals surface area contributed by atoms with Crippen molar-refractivity contribution in [2.75, 3.05) is 31.3 Å². The highest BCUT2D eigenvalue weighted by atomic mass is 32.2. The van der Waals surface area contributed by atoms with Gasteiger partial charge in [0.25, 0.3) is 5.88 Å². The van der Waals surface area contributed by atoms with Crippen LogP contribution in [0.4, 0.5) is 5.82 Å². The lowest BCUT2D eigenvalue weighted by atomic mass is 9.97. The summed E-state index contributed by atoms with van der Waals surface area (Å²) < 4.78 is 11.5. The molecule has 0 spiro atoms. The van der Waals surface area contributed by atoms with E-state index in [-0.39, 0.29) is 5.92 Å². The maximum absolute atomic E-state index is 5.89. The minimum atomic E-state index is 0.235. The molecule has 2 unspecified atom stereocenters. The van der Waals surface area contributed by atoms with Gasteiger partial charge in [0.15, 0.2) is 5.75 Å². The Bertz CT molecular complexity index is 1270. The Morgan fingerprint density at radius 1 is 1.00 bits per heavy atom. The Balaban J connectivity index is 1.32. The number of ether oxygens (including phenoxy) is 2. The van der Waals surface area contributed by atoms with Gasteiger partial charge in [-0.2, -0.15) is 11.8 Å². The van der Waals surface area contributed by atoms with Crippen LogP contribution in [0.15, 0.2) is 61.2 Å². The third-order valence-electron chi connectivity index (χ3n) is 5.87. The van der Waals surface area contributed by atoms with Crippen molar-refractivity contribution < 1.29 is 9.47 Å². The van der Waals surface area contributed by atoms with Crippen molar-refractivity contribution in [3.63, 3.8) is 0 Å². The van der Waals surface area contributed by atoms with E-state index < -0.39 is 0 Å². The maximum atomic E-state index is 5.89. The molecular weight excluding hydrogens is 434 g/mol. The molecule has 8 heteroatoms. The van der Waals surface area contributed by atoms with Crippen molar-refractivity contribution in [1.82, 2.24) is 19.9 Å². The fourth-order valence-corrected chi connectivity index (χ4v) is 4.84. The van der Waals surface area contributed by atoms with Crippen molar-refractivity contribution in [3.05, 3.63) is 66.7 Å². The molecule has 0 saturated heterocycles. The second kappa shape index (κ2) is 9.62. The average Bonchev–Trinajstić information content (AvgIpc) is 2.88. The number of hydrogen-bond acceptors (Lipinski definition) is 8. The van der Waals surface area contributed by atoms with Gasteiger partial charge in [0.2, 0.25) is 0 Å². The molecule has 1 aliphatic heterocycles. The summed E-state index contributed by atoms with van der Waals surface area (Å²) in [4.78, 5) is 17.7. The second-order valence-corrected chi connectivity index (χ2v) is 8.95. The molecule has 0 aliphatic carbocycles. The average molecular weight is 460 g/mol. The predicted molar refractivity (Wildman–Crippen MR) is 132 cm³/mol. The van der Waals surface area contributed by atoms with Gasteiger partial charge in [0.05, 0.1) is 11.2 Å². The van der Waals surface area contributed by atoms with Gasteiger partial charge >= 0.3 is 0 Å². The number of pyridine rings is 2. The van der Waals surface area contributed by atoms with Gasteiger partial charge in [-0.05, 0) is 30.4 Å². The van der Waals surface area contributed by atoms with Crippen LogP contribution in [0.25, 0.3) is 22.2 Å². The molecule has 0 amide bonds. The zero-order chi connectivity index (χ0) is 22.6. The normalized spacial score (nSPS) is 14.6. The van der Waals surface area contributed by atoms with Crippen LogP contribution in [0.5, 0.6) is 11.6 Å². The molecule has 4 aromatic rings. The van der Waals surface area contributed by atoms with Crippen LogP contribution in [0.3, 0.4) is 0 Å². The van der Waals surface area contributed by atoms with Crippen LogP contribution in [0.1, 0.15) is 18.4 Å². The first-order chi connectivity index (χ1) is 16.2. The van der Waals surface area contributed by atoms with Gasteiger partial charge < -0.3 is 14.8 Å². The van der Waals surface area contributed by atoms with Gasteiger partial charge in [-0.3, -0.25) is 4.98 Å².